The molecule has 1 aromatic carbocycles. The molecule has 2 fully saturated rings. The van der Waals surface area contributed by atoms with Gasteiger partial charge >= 0.3 is 0 Å². The van der Waals surface area contributed by atoms with Crippen molar-refractivity contribution in [3.63, 3.8) is 0 Å². The van der Waals surface area contributed by atoms with Crippen LogP contribution < -0.4 is 5.32 Å². The molecule has 0 heterocycles. The Morgan fingerprint density at radius 3 is 2.75 bits per heavy atom. The van der Waals surface area contributed by atoms with Crippen LogP contribution in [0.2, 0.25) is 0 Å². The first-order valence-corrected chi connectivity index (χ1v) is 9.02. The number of hydrogen-bond acceptors (Lipinski definition) is 1. The average Bonchev–Trinajstić information content (AvgIpc) is 3.04. The summed E-state index contributed by atoms with van der Waals surface area (Å²) in [7, 11) is 0. The molecule has 1 nitrogen and oxygen atoms in total. The van der Waals surface area contributed by atoms with E-state index in [0.29, 0.717) is 6.04 Å². The zero-order chi connectivity index (χ0) is 13.9. The number of hydrogen-bond donors (Lipinski definition) is 1. The predicted molar refractivity (Wildman–Crippen MR) is 88.9 cm³/mol. The molecule has 4 unspecified atom stereocenters. The molecule has 2 bridgehead atoms. The average molecular weight is 336 g/mol. The second kappa shape index (κ2) is 6.62. The lowest BCUT2D eigenvalue weighted by molar-refractivity contribution is 0.278. The van der Waals surface area contributed by atoms with Crippen molar-refractivity contribution in [3.05, 3.63) is 34.3 Å². The van der Waals surface area contributed by atoms with Crippen molar-refractivity contribution < 1.29 is 0 Å². The monoisotopic (exact) mass is 335 g/mol. The summed E-state index contributed by atoms with van der Waals surface area (Å²) in [5.74, 6) is 3.09. The maximum Gasteiger partial charge on any atom is 0.0207 e. The fourth-order valence-electron chi connectivity index (χ4n) is 4.49. The Kier molecular flexibility index (Phi) is 4.83. The van der Waals surface area contributed by atoms with Crippen LogP contribution in [0.25, 0.3) is 0 Å². The van der Waals surface area contributed by atoms with Crippen LogP contribution in [0.1, 0.15) is 44.6 Å². The number of fused-ring (bicyclic) bond motifs is 2. The standard InChI is InChI=1S/C18H26BrN/c1-2-20-17(11-15-5-3-4-6-18(15)19)12-16-10-13-7-8-14(16)9-13/h3-6,13-14,16-17,20H,2,7-12H2,1H3. The zero-order valence-electron chi connectivity index (χ0n) is 12.4. The van der Waals surface area contributed by atoms with Crippen LogP contribution in [0, 0.1) is 17.8 Å². The molecule has 20 heavy (non-hydrogen) atoms. The molecule has 2 aliphatic rings. The van der Waals surface area contributed by atoms with Crippen molar-refractivity contribution in [3.8, 4) is 0 Å². The van der Waals surface area contributed by atoms with Crippen LogP contribution in [0.15, 0.2) is 28.7 Å². The number of halogens is 1. The van der Waals surface area contributed by atoms with Crippen LogP contribution in [0.4, 0.5) is 0 Å². The maximum absolute atomic E-state index is 3.72. The van der Waals surface area contributed by atoms with Gasteiger partial charge in [0, 0.05) is 10.5 Å². The third-order valence-electron chi connectivity index (χ3n) is 5.39. The summed E-state index contributed by atoms with van der Waals surface area (Å²) in [4.78, 5) is 0. The largest absolute Gasteiger partial charge is 0.314 e. The molecular weight excluding hydrogens is 310 g/mol. The summed E-state index contributed by atoms with van der Waals surface area (Å²) in [6, 6.07) is 9.32. The van der Waals surface area contributed by atoms with Crippen LogP contribution in [-0.4, -0.2) is 12.6 Å². The van der Waals surface area contributed by atoms with Gasteiger partial charge in [-0.25, -0.2) is 0 Å². The van der Waals surface area contributed by atoms with E-state index in [1.807, 2.05) is 0 Å². The van der Waals surface area contributed by atoms with Crippen LogP contribution in [0.3, 0.4) is 0 Å². The van der Waals surface area contributed by atoms with Gasteiger partial charge in [0.1, 0.15) is 0 Å². The lowest BCUT2D eigenvalue weighted by atomic mass is 9.83. The molecule has 2 heteroatoms. The second-order valence-electron chi connectivity index (χ2n) is 6.72. The number of likely N-dealkylation sites (N-methyl/N-ethyl adjacent to an activating group) is 1. The fourth-order valence-corrected chi connectivity index (χ4v) is 4.93. The normalized spacial score (nSPS) is 29.8. The van der Waals surface area contributed by atoms with Crippen molar-refractivity contribution in [2.45, 2.75) is 51.5 Å². The quantitative estimate of drug-likeness (QED) is 0.787. The van der Waals surface area contributed by atoms with Crippen molar-refractivity contribution in [2.75, 3.05) is 6.54 Å². The Hall–Kier alpha value is -0.340. The van der Waals surface area contributed by atoms with E-state index in [9.17, 15) is 0 Å². The van der Waals surface area contributed by atoms with Gasteiger partial charge in [-0.3, -0.25) is 0 Å². The highest BCUT2D eigenvalue weighted by Crippen LogP contribution is 2.50. The summed E-state index contributed by atoms with van der Waals surface area (Å²) in [5, 5.41) is 3.72. The molecule has 0 aromatic heterocycles. The third-order valence-corrected chi connectivity index (χ3v) is 6.16. The Morgan fingerprint density at radius 2 is 2.10 bits per heavy atom. The van der Waals surface area contributed by atoms with E-state index in [1.54, 1.807) is 0 Å². The van der Waals surface area contributed by atoms with Crippen LogP contribution >= 0.6 is 15.9 Å². The predicted octanol–water partition coefficient (Wildman–Crippen LogP) is 4.80. The minimum Gasteiger partial charge on any atom is -0.314 e. The van der Waals surface area contributed by atoms with Gasteiger partial charge in [-0.05, 0) is 68.0 Å². The number of benzene rings is 1. The smallest absolute Gasteiger partial charge is 0.0207 e. The van der Waals surface area contributed by atoms with E-state index in [1.165, 1.54) is 42.1 Å². The molecule has 0 spiro atoms. The van der Waals surface area contributed by atoms with E-state index in [4.69, 9.17) is 0 Å². The minimum atomic E-state index is 0.642. The van der Waals surface area contributed by atoms with Crippen molar-refractivity contribution in [1.82, 2.24) is 5.32 Å². The number of nitrogens with one attached hydrogen (secondary N) is 1. The van der Waals surface area contributed by atoms with Gasteiger partial charge < -0.3 is 5.32 Å². The van der Waals surface area contributed by atoms with Gasteiger partial charge in [0.15, 0.2) is 0 Å². The van der Waals surface area contributed by atoms with Crippen LogP contribution in [-0.2, 0) is 6.42 Å². The first-order valence-electron chi connectivity index (χ1n) is 8.23. The fraction of sp³-hybridized carbons (Fsp3) is 0.667. The summed E-state index contributed by atoms with van der Waals surface area (Å²) in [6.45, 7) is 3.31. The van der Waals surface area contributed by atoms with Gasteiger partial charge in [0.25, 0.3) is 0 Å². The Labute approximate surface area is 131 Å². The lowest BCUT2D eigenvalue weighted by Gasteiger charge is -2.27. The molecule has 4 atom stereocenters. The van der Waals surface area contributed by atoms with E-state index < -0.39 is 0 Å². The molecule has 2 saturated carbocycles. The van der Waals surface area contributed by atoms with Gasteiger partial charge in [-0.2, -0.15) is 0 Å². The first-order chi connectivity index (χ1) is 9.76. The zero-order valence-corrected chi connectivity index (χ0v) is 14.0. The maximum atomic E-state index is 3.72. The molecule has 1 aromatic rings. The molecule has 110 valence electrons. The summed E-state index contributed by atoms with van der Waals surface area (Å²) in [5.41, 5.74) is 1.45. The number of rotatable bonds is 6. The SMILES string of the molecule is CCNC(Cc1ccccc1Br)CC1CC2CCC1C2. The lowest BCUT2D eigenvalue weighted by Crippen LogP contribution is -2.34. The van der Waals surface area contributed by atoms with E-state index in [-0.39, 0.29) is 0 Å². The first kappa shape index (κ1) is 14.6. The molecule has 0 amide bonds. The van der Waals surface area contributed by atoms with Gasteiger partial charge in [0.2, 0.25) is 0 Å². The van der Waals surface area contributed by atoms with E-state index >= 15 is 0 Å². The molecule has 0 saturated heterocycles. The van der Waals surface area contributed by atoms with Gasteiger partial charge in [0.05, 0.1) is 0 Å². The highest BCUT2D eigenvalue weighted by atomic mass is 79.9. The molecule has 2 aliphatic carbocycles. The third kappa shape index (κ3) is 3.28. The van der Waals surface area contributed by atoms with Crippen LogP contribution in [0.5, 0.6) is 0 Å². The van der Waals surface area contributed by atoms with Crippen molar-refractivity contribution in [1.29, 1.82) is 0 Å². The highest BCUT2D eigenvalue weighted by molar-refractivity contribution is 9.10. The summed E-state index contributed by atoms with van der Waals surface area (Å²) < 4.78 is 1.26. The molecule has 0 aliphatic heterocycles. The van der Waals surface area contributed by atoms with Gasteiger partial charge in [-0.1, -0.05) is 47.5 Å². The molecule has 1 N–H and O–H groups in total. The van der Waals surface area contributed by atoms with E-state index in [2.05, 4.69) is 52.4 Å². The Morgan fingerprint density at radius 1 is 1.25 bits per heavy atom. The van der Waals surface area contributed by atoms with Gasteiger partial charge in [-0.15, -0.1) is 0 Å². The highest BCUT2D eigenvalue weighted by Gasteiger charge is 2.39. The Bertz CT molecular complexity index is 445. The topological polar surface area (TPSA) is 12.0 Å². The van der Waals surface area contributed by atoms with Crippen molar-refractivity contribution in [2.24, 2.45) is 17.8 Å². The minimum absolute atomic E-state index is 0.642. The second-order valence-corrected chi connectivity index (χ2v) is 7.58. The summed E-state index contributed by atoms with van der Waals surface area (Å²) in [6.07, 6.45) is 8.57. The molecular formula is C18H26BrN. The molecule has 3 rings (SSSR count). The molecule has 0 radical (unpaired) electrons. The summed E-state index contributed by atoms with van der Waals surface area (Å²) >= 11 is 3.69. The Balaban J connectivity index is 1.62. The van der Waals surface area contributed by atoms with E-state index in [0.717, 1.165) is 30.7 Å². The van der Waals surface area contributed by atoms with Crippen molar-refractivity contribution >= 4 is 15.9 Å².